The molecule has 0 radical (unpaired) electrons. The van der Waals surface area contributed by atoms with E-state index in [0.717, 1.165) is 68.0 Å². The topological polar surface area (TPSA) is 59.3 Å². The van der Waals surface area contributed by atoms with Crippen LogP contribution in [-0.2, 0) is 13.6 Å². The summed E-state index contributed by atoms with van der Waals surface area (Å²) in [4.78, 5) is 29.5. The van der Waals surface area contributed by atoms with Crippen molar-refractivity contribution in [1.82, 2.24) is 19.4 Å². The zero-order valence-electron chi connectivity index (χ0n) is 21.4. The Morgan fingerprint density at radius 1 is 1.06 bits per heavy atom. The van der Waals surface area contributed by atoms with Crippen LogP contribution in [0, 0.1) is 0 Å². The molecule has 2 aromatic heterocycles. The van der Waals surface area contributed by atoms with Crippen molar-refractivity contribution in [3.8, 4) is 0 Å². The number of fused-ring (bicyclic) bond motifs is 3. The second-order valence-corrected chi connectivity index (χ2v) is 9.96. The molecular formula is C30H36N4O2. The van der Waals surface area contributed by atoms with Gasteiger partial charge < -0.3 is 14.5 Å². The molecule has 0 aliphatic heterocycles. The highest BCUT2D eigenvalue weighted by Gasteiger charge is 2.25. The number of rotatable bonds is 9. The molecule has 0 spiro atoms. The summed E-state index contributed by atoms with van der Waals surface area (Å²) in [6.45, 7) is 5.56. The van der Waals surface area contributed by atoms with Gasteiger partial charge in [-0.1, -0.05) is 68.3 Å². The van der Waals surface area contributed by atoms with Crippen molar-refractivity contribution in [3.63, 3.8) is 0 Å². The first kappa shape index (κ1) is 24.3. The fourth-order valence-corrected chi connectivity index (χ4v) is 5.72. The number of nitrogens with zero attached hydrogens (tertiary/aromatic N) is 3. The van der Waals surface area contributed by atoms with Crippen molar-refractivity contribution in [1.29, 1.82) is 0 Å². The van der Waals surface area contributed by atoms with Gasteiger partial charge in [0.05, 0.1) is 5.56 Å². The Hall–Kier alpha value is -3.38. The van der Waals surface area contributed by atoms with Crippen molar-refractivity contribution in [3.05, 3.63) is 82.3 Å². The Kier molecular flexibility index (Phi) is 7.23. The van der Waals surface area contributed by atoms with E-state index in [0.29, 0.717) is 17.6 Å². The van der Waals surface area contributed by atoms with Crippen molar-refractivity contribution >= 4 is 27.7 Å². The molecular weight excluding hydrogens is 448 g/mol. The minimum atomic E-state index is -0.103. The molecule has 1 fully saturated rings. The van der Waals surface area contributed by atoms with Crippen LogP contribution in [0.2, 0.25) is 0 Å². The van der Waals surface area contributed by atoms with E-state index in [1.165, 1.54) is 5.56 Å². The van der Waals surface area contributed by atoms with Crippen LogP contribution in [0.5, 0.6) is 0 Å². The number of amides is 1. The fourth-order valence-electron chi connectivity index (χ4n) is 5.72. The lowest BCUT2D eigenvalue weighted by atomic mass is 10.1. The third kappa shape index (κ3) is 4.70. The van der Waals surface area contributed by atoms with Gasteiger partial charge in [-0.05, 0) is 37.4 Å². The Morgan fingerprint density at radius 2 is 1.78 bits per heavy atom. The smallest absolute Gasteiger partial charge is 0.275 e. The van der Waals surface area contributed by atoms with Crippen LogP contribution in [0.1, 0.15) is 61.0 Å². The summed E-state index contributed by atoms with van der Waals surface area (Å²) >= 11 is 0. The molecule has 6 nitrogen and oxygen atoms in total. The Labute approximate surface area is 212 Å². The first-order valence-corrected chi connectivity index (χ1v) is 13.2. The number of carbonyl (C=O) groups excluding carboxylic acids is 1. The Bertz CT molecular complexity index is 1410. The van der Waals surface area contributed by atoms with Gasteiger partial charge in [0.15, 0.2) is 0 Å². The largest absolute Gasteiger partial charge is 0.352 e. The van der Waals surface area contributed by atoms with Gasteiger partial charge in [-0.3, -0.25) is 14.5 Å². The third-order valence-corrected chi connectivity index (χ3v) is 7.68. The number of para-hydroxylation sites is 1. The average molecular weight is 485 g/mol. The molecule has 1 amide bonds. The normalized spacial score (nSPS) is 14.3. The molecule has 2 aromatic carbocycles. The quantitative estimate of drug-likeness (QED) is 0.330. The summed E-state index contributed by atoms with van der Waals surface area (Å²) in [5.74, 6) is -0.103. The lowest BCUT2D eigenvalue weighted by molar-refractivity contribution is 0.0952. The van der Waals surface area contributed by atoms with E-state index >= 15 is 0 Å². The second kappa shape index (κ2) is 10.7. The molecule has 5 rings (SSSR count). The van der Waals surface area contributed by atoms with Crippen LogP contribution >= 0.6 is 0 Å². The second-order valence-electron chi connectivity index (χ2n) is 9.96. The van der Waals surface area contributed by atoms with Crippen LogP contribution < -0.4 is 10.9 Å². The van der Waals surface area contributed by atoms with Crippen molar-refractivity contribution in [2.75, 3.05) is 19.6 Å². The number of carbonyl (C=O) groups is 1. The highest BCUT2D eigenvalue weighted by atomic mass is 16.2. The maximum atomic E-state index is 13.6. The molecule has 0 atom stereocenters. The highest BCUT2D eigenvalue weighted by molar-refractivity contribution is 6.17. The van der Waals surface area contributed by atoms with E-state index in [9.17, 15) is 9.59 Å². The zero-order chi connectivity index (χ0) is 25.1. The predicted molar refractivity (Wildman–Crippen MR) is 147 cm³/mol. The molecule has 1 N–H and O–H groups in total. The average Bonchev–Trinajstić information content (AvgIpc) is 3.54. The fraction of sp³-hybridized carbons (Fsp3) is 0.400. The van der Waals surface area contributed by atoms with Gasteiger partial charge in [-0.25, -0.2) is 0 Å². The standard InChI is InChI=1S/C30H36N4O2/c1-3-33(20-22-12-5-4-6-13-22)19-11-18-31-29(35)25-21-34(23-14-7-8-15-23)30(36)28-27(25)24-16-9-10-17-26(24)32(28)2/h4-6,9-10,12-13,16-17,21,23H,3,7-8,11,14-15,18-20H2,1-2H3,(H,31,35). The van der Waals surface area contributed by atoms with E-state index in [2.05, 4.69) is 41.4 Å². The lowest BCUT2D eigenvalue weighted by Crippen LogP contribution is -2.32. The summed E-state index contributed by atoms with van der Waals surface area (Å²) in [5.41, 5.74) is 3.51. The lowest BCUT2D eigenvalue weighted by Gasteiger charge is -2.20. The molecule has 1 saturated carbocycles. The molecule has 0 unspecified atom stereocenters. The van der Waals surface area contributed by atoms with Crippen LogP contribution in [0.25, 0.3) is 21.8 Å². The van der Waals surface area contributed by atoms with Gasteiger partial charge in [0.1, 0.15) is 5.52 Å². The van der Waals surface area contributed by atoms with E-state index < -0.39 is 0 Å². The van der Waals surface area contributed by atoms with Gasteiger partial charge in [0, 0.05) is 55.2 Å². The van der Waals surface area contributed by atoms with Crippen LogP contribution in [0.4, 0.5) is 0 Å². The van der Waals surface area contributed by atoms with Crippen molar-refractivity contribution < 1.29 is 4.79 Å². The van der Waals surface area contributed by atoms with E-state index in [-0.39, 0.29) is 17.5 Å². The molecule has 36 heavy (non-hydrogen) atoms. The maximum absolute atomic E-state index is 13.6. The number of aromatic nitrogens is 2. The van der Waals surface area contributed by atoms with Gasteiger partial charge >= 0.3 is 0 Å². The summed E-state index contributed by atoms with van der Waals surface area (Å²) in [7, 11) is 1.93. The summed E-state index contributed by atoms with van der Waals surface area (Å²) in [5, 5.41) is 4.88. The Morgan fingerprint density at radius 3 is 2.53 bits per heavy atom. The van der Waals surface area contributed by atoms with Crippen molar-refractivity contribution in [2.45, 2.75) is 51.6 Å². The van der Waals surface area contributed by atoms with Gasteiger partial charge in [0.2, 0.25) is 0 Å². The minimum Gasteiger partial charge on any atom is -0.352 e. The van der Waals surface area contributed by atoms with Crippen molar-refractivity contribution in [2.24, 2.45) is 7.05 Å². The first-order chi connectivity index (χ1) is 17.6. The molecule has 4 aromatic rings. The number of benzene rings is 2. The molecule has 1 aliphatic rings. The molecule has 2 heterocycles. The van der Waals surface area contributed by atoms with Crippen LogP contribution in [-0.4, -0.2) is 39.6 Å². The predicted octanol–water partition coefficient (Wildman–Crippen LogP) is 5.25. The molecule has 0 bridgehead atoms. The van der Waals surface area contributed by atoms with E-state index in [4.69, 9.17) is 0 Å². The number of hydrogen-bond donors (Lipinski definition) is 1. The first-order valence-electron chi connectivity index (χ1n) is 13.2. The highest BCUT2D eigenvalue weighted by Crippen LogP contribution is 2.33. The van der Waals surface area contributed by atoms with Crippen LogP contribution in [0.15, 0.2) is 65.6 Å². The summed E-state index contributed by atoms with van der Waals surface area (Å²) in [6.07, 6.45) is 6.93. The zero-order valence-corrected chi connectivity index (χ0v) is 21.4. The monoisotopic (exact) mass is 484 g/mol. The van der Waals surface area contributed by atoms with Gasteiger partial charge in [-0.15, -0.1) is 0 Å². The number of aryl methyl sites for hydroxylation is 1. The third-order valence-electron chi connectivity index (χ3n) is 7.68. The number of nitrogens with one attached hydrogen (secondary N) is 1. The minimum absolute atomic E-state index is 0.00616. The van der Waals surface area contributed by atoms with Gasteiger partial charge in [-0.2, -0.15) is 0 Å². The number of hydrogen-bond acceptors (Lipinski definition) is 3. The summed E-state index contributed by atoms with van der Waals surface area (Å²) < 4.78 is 3.79. The van der Waals surface area contributed by atoms with Crippen LogP contribution in [0.3, 0.4) is 0 Å². The Balaban J connectivity index is 1.38. The van der Waals surface area contributed by atoms with E-state index in [1.807, 2.05) is 52.7 Å². The molecule has 0 saturated heterocycles. The molecule has 188 valence electrons. The molecule has 6 heteroatoms. The maximum Gasteiger partial charge on any atom is 0.275 e. The van der Waals surface area contributed by atoms with Gasteiger partial charge in [0.25, 0.3) is 11.5 Å². The van der Waals surface area contributed by atoms with E-state index in [1.54, 1.807) is 0 Å². The number of pyridine rings is 1. The SMILES string of the molecule is CCN(CCCNC(=O)c1cn(C2CCCC2)c(=O)c2c1c1ccccc1n2C)Cc1ccccc1. The summed E-state index contributed by atoms with van der Waals surface area (Å²) in [6, 6.07) is 18.6. The molecule has 1 aliphatic carbocycles.